The van der Waals surface area contributed by atoms with Crippen LogP contribution in [0.1, 0.15) is 6.92 Å². The molecule has 1 rings (SSSR count). The summed E-state index contributed by atoms with van der Waals surface area (Å²) in [6.45, 7) is 2.36. The first kappa shape index (κ1) is 15.6. The molecule has 8 heteroatoms. The van der Waals surface area contributed by atoms with E-state index in [1.165, 1.54) is 12.3 Å². The van der Waals surface area contributed by atoms with E-state index < -0.39 is 10.0 Å². The summed E-state index contributed by atoms with van der Waals surface area (Å²) in [5, 5.41) is 0.134. The predicted molar refractivity (Wildman–Crippen MR) is 76.4 cm³/mol. The molecule has 0 saturated heterocycles. The Morgan fingerprint density at radius 2 is 2.28 bits per heavy atom. The van der Waals surface area contributed by atoms with Gasteiger partial charge in [-0.05, 0) is 24.0 Å². The average molecular weight is 310 g/mol. The number of aromatic nitrogens is 1. The Bertz CT molecular complexity index is 508. The normalized spacial score (nSPS) is 13.5. The molecule has 0 spiro atoms. The summed E-state index contributed by atoms with van der Waals surface area (Å²) < 4.78 is 26.4. The number of hydrogen-bond donors (Lipinski definition) is 2. The fourth-order valence-corrected chi connectivity index (χ4v) is 3.31. The zero-order valence-corrected chi connectivity index (χ0v) is 12.6. The van der Waals surface area contributed by atoms with Crippen LogP contribution in [0, 0.1) is 5.92 Å². The molecule has 1 aromatic rings. The molecule has 0 radical (unpaired) electrons. The summed E-state index contributed by atoms with van der Waals surface area (Å²) in [6, 6.07) is 1.30. The lowest BCUT2D eigenvalue weighted by atomic mass is 10.2. The second-order valence-corrected chi connectivity index (χ2v) is 7.04. The Kier molecular flexibility index (Phi) is 5.71. The number of hydrogen-bond acceptors (Lipinski definition) is 5. The maximum absolute atomic E-state index is 11.9. The Balaban J connectivity index is 2.77. The van der Waals surface area contributed by atoms with Gasteiger partial charge < -0.3 is 5.73 Å². The van der Waals surface area contributed by atoms with Crippen molar-refractivity contribution in [3.05, 3.63) is 17.3 Å². The van der Waals surface area contributed by atoms with Gasteiger partial charge in [0, 0.05) is 12.7 Å². The molecule has 0 aliphatic carbocycles. The topological polar surface area (TPSA) is 85.1 Å². The number of nitrogens with zero attached hydrogens (tertiary/aromatic N) is 1. The van der Waals surface area contributed by atoms with Crippen LogP contribution in [0.2, 0.25) is 5.02 Å². The second-order valence-electron chi connectivity index (χ2n) is 3.95. The molecule has 0 aromatic carbocycles. The minimum Gasteiger partial charge on any atom is -0.382 e. The number of pyridine rings is 1. The molecular formula is C10H16ClN3O2S2. The van der Waals surface area contributed by atoms with Gasteiger partial charge in [0.1, 0.15) is 10.7 Å². The first-order valence-corrected chi connectivity index (χ1v) is 8.52. The van der Waals surface area contributed by atoms with Crippen LogP contribution in [0.15, 0.2) is 17.2 Å². The third-order valence-electron chi connectivity index (χ3n) is 2.23. The molecule has 5 nitrogen and oxygen atoms in total. The standard InChI is InChI=1S/C10H16ClN3O2S2/c1-7(6-17-2)4-14-18(15,16)8-3-9(11)10(12)13-5-8/h3,5,7,14H,4,6H2,1-2H3,(H2,12,13). The van der Waals surface area contributed by atoms with Crippen molar-refractivity contribution in [3.63, 3.8) is 0 Å². The molecular weight excluding hydrogens is 294 g/mol. The maximum atomic E-state index is 11.9. The molecule has 0 bridgehead atoms. The molecule has 0 amide bonds. The SMILES string of the molecule is CSCC(C)CNS(=O)(=O)c1cnc(N)c(Cl)c1. The highest BCUT2D eigenvalue weighted by Gasteiger charge is 2.16. The molecule has 1 atom stereocenters. The van der Waals surface area contributed by atoms with E-state index >= 15 is 0 Å². The highest BCUT2D eigenvalue weighted by Crippen LogP contribution is 2.19. The number of rotatable bonds is 6. The zero-order chi connectivity index (χ0) is 13.8. The molecule has 0 saturated carbocycles. The summed E-state index contributed by atoms with van der Waals surface area (Å²) in [5.41, 5.74) is 5.43. The largest absolute Gasteiger partial charge is 0.382 e. The van der Waals surface area contributed by atoms with Crippen molar-refractivity contribution in [2.24, 2.45) is 5.92 Å². The van der Waals surface area contributed by atoms with Crippen LogP contribution in [-0.4, -0.2) is 32.0 Å². The lowest BCUT2D eigenvalue weighted by Crippen LogP contribution is -2.29. The number of halogens is 1. The van der Waals surface area contributed by atoms with Crippen molar-refractivity contribution in [1.82, 2.24) is 9.71 Å². The van der Waals surface area contributed by atoms with Gasteiger partial charge in [-0.15, -0.1) is 0 Å². The second kappa shape index (κ2) is 6.60. The van der Waals surface area contributed by atoms with Crippen molar-refractivity contribution in [3.8, 4) is 0 Å². The Labute approximate surface area is 117 Å². The van der Waals surface area contributed by atoms with E-state index in [0.717, 1.165) is 5.75 Å². The van der Waals surface area contributed by atoms with E-state index in [-0.39, 0.29) is 21.7 Å². The van der Waals surface area contributed by atoms with Crippen LogP contribution in [0.25, 0.3) is 0 Å². The van der Waals surface area contributed by atoms with Crippen LogP contribution < -0.4 is 10.5 Å². The molecule has 102 valence electrons. The lowest BCUT2D eigenvalue weighted by Gasteiger charge is -2.11. The Morgan fingerprint density at radius 3 is 2.83 bits per heavy atom. The predicted octanol–water partition coefficient (Wildman–Crippen LogP) is 1.59. The van der Waals surface area contributed by atoms with Crippen LogP contribution in [0.3, 0.4) is 0 Å². The molecule has 1 unspecified atom stereocenters. The number of nitrogens with one attached hydrogen (secondary N) is 1. The quantitative estimate of drug-likeness (QED) is 0.833. The van der Waals surface area contributed by atoms with Gasteiger partial charge in [0.25, 0.3) is 0 Å². The third-order valence-corrected chi connectivity index (χ3v) is 4.82. The number of thioether (sulfide) groups is 1. The highest BCUT2D eigenvalue weighted by molar-refractivity contribution is 7.98. The summed E-state index contributed by atoms with van der Waals surface area (Å²) >= 11 is 7.42. The summed E-state index contributed by atoms with van der Waals surface area (Å²) in [7, 11) is -3.57. The molecule has 0 fully saturated rings. The minimum absolute atomic E-state index is 0.0260. The van der Waals surface area contributed by atoms with Crippen LogP contribution in [0.5, 0.6) is 0 Å². The number of nitrogen functional groups attached to an aromatic ring is 1. The van der Waals surface area contributed by atoms with E-state index in [2.05, 4.69) is 9.71 Å². The monoisotopic (exact) mass is 309 g/mol. The number of nitrogens with two attached hydrogens (primary N) is 1. The fourth-order valence-electron chi connectivity index (χ4n) is 1.26. The van der Waals surface area contributed by atoms with Crippen LogP contribution in [-0.2, 0) is 10.0 Å². The van der Waals surface area contributed by atoms with Crippen molar-refractivity contribution < 1.29 is 8.42 Å². The van der Waals surface area contributed by atoms with E-state index in [1.54, 1.807) is 11.8 Å². The van der Waals surface area contributed by atoms with Gasteiger partial charge >= 0.3 is 0 Å². The first-order chi connectivity index (χ1) is 8.36. The van der Waals surface area contributed by atoms with Crippen LogP contribution >= 0.6 is 23.4 Å². The van der Waals surface area contributed by atoms with Gasteiger partial charge in [0.2, 0.25) is 10.0 Å². The summed E-state index contributed by atoms with van der Waals surface area (Å²) in [4.78, 5) is 3.76. The molecule has 1 heterocycles. The summed E-state index contributed by atoms with van der Waals surface area (Å²) in [5.74, 6) is 1.27. The maximum Gasteiger partial charge on any atom is 0.242 e. The molecule has 3 N–H and O–H groups in total. The fraction of sp³-hybridized carbons (Fsp3) is 0.500. The zero-order valence-electron chi connectivity index (χ0n) is 10.2. The average Bonchev–Trinajstić information content (AvgIpc) is 2.30. The van der Waals surface area contributed by atoms with E-state index in [4.69, 9.17) is 17.3 Å². The van der Waals surface area contributed by atoms with Crippen molar-refractivity contribution in [1.29, 1.82) is 0 Å². The Hall–Kier alpha value is -0.500. The number of sulfonamides is 1. The minimum atomic E-state index is -3.57. The molecule has 0 aliphatic rings. The van der Waals surface area contributed by atoms with Crippen LogP contribution in [0.4, 0.5) is 5.82 Å². The third kappa shape index (κ3) is 4.31. The van der Waals surface area contributed by atoms with Crippen molar-refractivity contribution >= 4 is 39.2 Å². The summed E-state index contributed by atoms with van der Waals surface area (Å²) in [6.07, 6.45) is 3.18. The Morgan fingerprint density at radius 1 is 1.61 bits per heavy atom. The van der Waals surface area contributed by atoms with Gasteiger partial charge in [-0.2, -0.15) is 11.8 Å². The highest BCUT2D eigenvalue weighted by atomic mass is 35.5. The van der Waals surface area contributed by atoms with Gasteiger partial charge in [-0.1, -0.05) is 18.5 Å². The molecule has 18 heavy (non-hydrogen) atoms. The van der Waals surface area contributed by atoms with Crippen molar-refractivity contribution in [2.45, 2.75) is 11.8 Å². The van der Waals surface area contributed by atoms with E-state index in [0.29, 0.717) is 6.54 Å². The molecule has 0 aliphatic heterocycles. The van der Waals surface area contributed by atoms with Gasteiger partial charge in [-0.25, -0.2) is 18.1 Å². The lowest BCUT2D eigenvalue weighted by molar-refractivity contribution is 0.562. The van der Waals surface area contributed by atoms with Gasteiger partial charge in [-0.3, -0.25) is 0 Å². The van der Waals surface area contributed by atoms with E-state index in [9.17, 15) is 8.42 Å². The van der Waals surface area contributed by atoms with Crippen molar-refractivity contribution in [2.75, 3.05) is 24.3 Å². The van der Waals surface area contributed by atoms with Gasteiger partial charge in [0.15, 0.2) is 0 Å². The number of anilines is 1. The molecule has 1 aromatic heterocycles. The van der Waals surface area contributed by atoms with E-state index in [1.807, 2.05) is 13.2 Å². The van der Waals surface area contributed by atoms with Gasteiger partial charge in [0.05, 0.1) is 5.02 Å². The smallest absolute Gasteiger partial charge is 0.242 e. The first-order valence-electron chi connectivity index (χ1n) is 5.26.